The summed E-state index contributed by atoms with van der Waals surface area (Å²) < 4.78 is 0. The van der Waals surface area contributed by atoms with Crippen molar-refractivity contribution < 1.29 is 5.11 Å². The Bertz CT molecular complexity index is 313. The minimum absolute atomic E-state index is 0.370. The van der Waals surface area contributed by atoms with Crippen molar-refractivity contribution in [1.29, 1.82) is 0 Å². The predicted molar refractivity (Wildman–Crippen MR) is 62.7 cm³/mol. The molecule has 1 unspecified atom stereocenters. The van der Waals surface area contributed by atoms with Gasteiger partial charge in [-0.3, -0.25) is 4.98 Å². The third-order valence-electron chi connectivity index (χ3n) is 2.37. The summed E-state index contributed by atoms with van der Waals surface area (Å²) in [5, 5.41) is 9.93. The van der Waals surface area contributed by atoms with E-state index in [1.807, 2.05) is 32.1 Å². The molecular formula is C13H19NO. The van der Waals surface area contributed by atoms with Crippen molar-refractivity contribution in [1.82, 2.24) is 4.98 Å². The second-order valence-electron chi connectivity index (χ2n) is 3.92. The molecule has 2 nitrogen and oxygen atoms in total. The largest absolute Gasteiger partial charge is 0.388 e. The summed E-state index contributed by atoms with van der Waals surface area (Å²) in [6.45, 7) is 7.57. The molecule has 0 aliphatic carbocycles. The van der Waals surface area contributed by atoms with Crippen LogP contribution in [0.4, 0.5) is 0 Å². The van der Waals surface area contributed by atoms with Gasteiger partial charge in [-0.15, -0.1) is 6.58 Å². The maximum atomic E-state index is 9.93. The SMILES string of the molecule is C=CCCCC(O)c1cc(C)nc(C)c1. The van der Waals surface area contributed by atoms with Gasteiger partial charge in [-0.25, -0.2) is 0 Å². The number of nitrogens with zero attached hydrogens (tertiary/aromatic N) is 1. The molecular weight excluding hydrogens is 186 g/mol. The molecule has 0 aromatic carbocycles. The quantitative estimate of drug-likeness (QED) is 0.592. The molecule has 0 saturated carbocycles. The number of hydrogen-bond donors (Lipinski definition) is 1. The van der Waals surface area contributed by atoms with Crippen LogP contribution in [0, 0.1) is 13.8 Å². The first-order valence-corrected chi connectivity index (χ1v) is 5.37. The average molecular weight is 205 g/mol. The maximum absolute atomic E-state index is 9.93. The van der Waals surface area contributed by atoms with E-state index in [9.17, 15) is 5.11 Å². The topological polar surface area (TPSA) is 33.1 Å². The molecule has 0 spiro atoms. The first kappa shape index (κ1) is 11.9. The number of hydrogen-bond acceptors (Lipinski definition) is 2. The van der Waals surface area contributed by atoms with Crippen molar-refractivity contribution in [3.63, 3.8) is 0 Å². The normalized spacial score (nSPS) is 12.5. The van der Waals surface area contributed by atoms with E-state index in [4.69, 9.17) is 0 Å². The van der Waals surface area contributed by atoms with Crippen LogP contribution in [0.15, 0.2) is 24.8 Å². The number of aliphatic hydroxyl groups is 1. The van der Waals surface area contributed by atoms with Gasteiger partial charge in [-0.1, -0.05) is 6.08 Å². The van der Waals surface area contributed by atoms with Crippen LogP contribution in [0.2, 0.25) is 0 Å². The van der Waals surface area contributed by atoms with Crippen LogP contribution in [-0.4, -0.2) is 10.1 Å². The Labute approximate surface area is 91.7 Å². The van der Waals surface area contributed by atoms with Crippen molar-refractivity contribution in [2.75, 3.05) is 0 Å². The summed E-state index contributed by atoms with van der Waals surface area (Å²) >= 11 is 0. The third kappa shape index (κ3) is 3.84. The molecule has 2 heteroatoms. The summed E-state index contributed by atoms with van der Waals surface area (Å²) in [4.78, 5) is 4.29. The summed E-state index contributed by atoms with van der Waals surface area (Å²) in [6.07, 6.45) is 4.24. The third-order valence-corrected chi connectivity index (χ3v) is 2.37. The van der Waals surface area contributed by atoms with E-state index in [1.54, 1.807) is 0 Å². The van der Waals surface area contributed by atoms with E-state index in [0.717, 1.165) is 36.2 Å². The Morgan fingerprint density at radius 2 is 2.00 bits per heavy atom. The Hall–Kier alpha value is -1.15. The van der Waals surface area contributed by atoms with E-state index >= 15 is 0 Å². The van der Waals surface area contributed by atoms with Crippen LogP contribution in [0.25, 0.3) is 0 Å². The highest BCUT2D eigenvalue weighted by Crippen LogP contribution is 2.20. The highest BCUT2D eigenvalue weighted by molar-refractivity contribution is 5.22. The summed E-state index contributed by atoms with van der Waals surface area (Å²) in [5.74, 6) is 0. The molecule has 1 atom stereocenters. The Balaban J connectivity index is 2.64. The summed E-state index contributed by atoms with van der Waals surface area (Å²) in [5.41, 5.74) is 2.91. The van der Waals surface area contributed by atoms with Gasteiger partial charge in [0.05, 0.1) is 6.10 Å². The second kappa shape index (κ2) is 5.66. The van der Waals surface area contributed by atoms with Crippen molar-refractivity contribution in [3.05, 3.63) is 41.7 Å². The first-order chi connectivity index (χ1) is 7.13. The number of aryl methyl sites for hydroxylation is 2. The molecule has 1 N–H and O–H groups in total. The van der Waals surface area contributed by atoms with Gasteiger partial charge in [0.15, 0.2) is 0 Å². The second-order valence-corrected chi connectivity index (χ2v) is 3.92. The van der Waals surface area contributed by atoms with E-state index in [-0.39, 0.29) is 6.10 Å². The van der Waals surface area contributed by atoms with Gasteiger partial charge in [0.1, 0.15) is 0 Å². The highest BCUT2D eigenvalue weighted by Gasteiger charge is 2.08. The number of unbranched alkanes of at least 4 members (excludes halogenated alkanes) is 1. The van der Waals surface area contributed by atoms with Crippen LogP contribution in [0.3, 0.4) is 0 Å². The molecule has 15 heavy (non-hydrogen) atoms. The average Bonchev–Trinajstić information content (AvgIpc) is 2.16. The van der Waals surface area contributed by atoms with E-state index < -0.39 is 0 Å². The van der Waals surface area contributed by atoms with Gasteiger partial charge in [0, 0.05) is 11.4 Å². The van der Waals surface area contributed by atoms with Gasteiger partial charge in [-0.2, -0.15) is 0 Å². The Morgan fingerprint density at radius 3 is 2.53 bits per heavy atom. The van der Waals surface area contributed by atoms with Crippen LogP contribution < -0.4 is 0 Å². The van der Waals surface area contributed by atoms with Gasteiger partial charge in [-0.05, 0) is 50.8 Å². The molecule has 0 aliphatic rings. The molecule has 0 aliphatic heterocycles. The Morgan fingerprint density at radius 1 is 1.40 bits per heavy atom. The number of allylic oxidation sites excluding steroid dienone is 1. The molecule has 0 amide bonds. The fraction of sp³-hybridized carbons (Fsp3) is 0.462. The van der Waals surface area contributed by atoms with E-state index in [2.05, 4.69) is 11.6 Å². The molecule has 0 fully saturated rings. The molecule has 1 rings (SSSR count). The van der Waals surface area contributed by atoms with Crippen LogP contribution in [0.5, 0.6) is 0 Å². The molecule has 0 saturated heterocycles. The minimum atomic E-state index is -0.370. The zero-order valence-electron chi connectivity index (χ0n) is 9.53. The smallest absolute Gasteiger partial charge is 0.0791 e. The molecule has 1 heterocycles. The van der Waals surface area contributed by atoms with Gasteiger partial charge < -0.3 is 5.11 Å². The monoisotopic (exact) mass is 205 g/mol. The molecule has 82 valence electrons. The van der Waals surface area contributed by atoms with Gasteiger partial charge in [0.2, 0.25) is 0 Å². The Kier molecular flexibility index (Phi) is 4.50. The van der Waals surface area contributed by atoms with Crippen molar-refractivity contribution in [2.45, 2.75) is 39.2 Å². The molecule has 0 radical (unpaired) electrons. The number of rotatable bonds is 5. The van der Waals surface area contributed by atoms with Crippen LogP contribution in [-0.2, 0) is 0 Å². The van der Waals surface area contributed by atoms with Crippen molar-refractivity contribution in [3.8, 4) is 0 Å². The minimum Gasteiger partial charge on any atom is -0.388 e. The lowest BCUT2D eigenvalue weighted by atomic mass is 10.0. The highest BCUT2D eigenvalue weighted by atomic mass is 16.3. The van der Waals surface area contributed by atoms with E-state index in [0.29, 0.717) is 0 Å². The zero-order chi connectivity index (χ0) is 11.3. The van der Waals surface area contributed by atoms with Gasteiger partial charge >= 0.3 is 0 Å². The molecule has 1 aromatic heterocycles. The van der Waals surface area contributed by atoms with E-state index in [1.165, 1.54) is 0 Å². The fourth-order valence-corrected chi connectivity index (χ4v) is 1.68. The van der Waals surface area contributed by atoms with Crippen molar-refractivity contribution >= 4 is 0 Å². The zero-order valence-corrected chi connectivity index (χ0v) is 9.53. The lowest BCUT2D eigenvalue weighted by Gasteiger charge is -2.11. The molecule has 0 bridgehead atoms. The first-order valence-electron chi connectivity index (χ1n) is 5.37. The lowest BCUT2D eigenvalue weighted by Crippen LogP contribution is -2.00. The lowest BCUT2D eigenvalue weighted by molar-refractivity contribution is 0.164. The van der Waals surface area contributed by atoms with Crippen LogP contribution >= 0.6 is 0 Å². The van der Waals surface area contributed by atoms with Crippen molar-refractivity contribution in [2.24, 2.45) is 0 Å². The van der Waals surface area contributed by atoms with Gasteiger partial charge in [0.25, 0.3) is 0 Å². The summed E-state index contributed by atoms with van der Waals surface area (Å²) in [7, 11) is 0. The maximum Gasteiger partial charge on any atom is 0.0791 e. The number of aliphatic hydroxyl groups excluding tert-OH is 1. The molecule has 1 aromatic rings. The van der Waals surface area contributed by atoms with Crippen LogP contribution in [0.1, 0.15) is 42.3 Å². The summed E-state index contributed by atoms with van der Waals surface area (Å²) in [6, 6.07) is 3.90. The number of pyridine rings is 1. The predicted octanol–water partition coefficient (Wildman–Crippen LogP) is 3.09. The fourth-order valence-electron chi connectivity index (χ4n) is 1.68. The number of aromatic nitrogens is 1. The standard InChI is InChI=1S/C13H19NO/c1-4-5-6-7-13(15)12-8-10(2)14-11(3)9-12/h4,8-9,13,15H,1,5-7H2,2-3H3.